The minimum absolute atomic E-state index is 0.525. The summed E-state index contributed by atoms with van der Waals surface area (Å²) in [6, 6.07) is 6.10. The molecule has 1 aromatic carbocycles. The van der Waals surface area contributed by atoms with Crippen LogP contribution in [0.2, 0.25) is 0 Å². The molecule has 0 aliphatic rings. The zero-order valence-electron chi connectivity index (χ0n) is 11.8. The number of ether oxygens (including phenoxy) is 1. The molecule has 2 rings (SSSR count). The van der Waals surface area contributed by atoms with Gasteiger partial charge in [-0.1, -0.05) is 29.8 Å². The molecule has 0 atom stereocenters. The Balaban J connectivity index is 2.04. The molecule has 0 amide bonds. The van der Waals surface area contributed by atoms with Gasteiger partial charge in [0.15, 0.2) is 0 Å². The number of benzene rings is 1. The maximum atomic E-state index is 5.92. The van der Waals surface area contributed by atoms with Gasteiger partial charge in [-0.25, -0.2) is 4.98 Å². The molecule has 0 saturated heterocycles. The van der Waals surface area contributed by atoms with E-state index >= 15 is 0 Å². The zero-order valence-corrected chi connectivity index (χ0v) is 14.2. The number of thiazole rings is 1. The molecule has 0 spiro atoms. The molecule has 0 aliphatic carbocycles. The van der Waals surface area contributed by atoms with Crippen LogP contribution < -0.4 is 10.1 Å². The van der Waals surface area contributed by atoms with Crippen LogP contribution in [-0.2, 0) is 19.6 Å². The number of nitrogens with one attached hydrogen (secondary N) is 1. The van der Waals surface area contributed by atoms with Gasteiger partial charge in [0.1, 0.15) is 12.4 Å². The second-order valence-electron chi connectivity index (χ2n) is 4.41. The van der Waals surface area contributed by atoms with E-state index < -0.39 is 0 Å². The van der Waals surface area contributed by atoms with Crippen molar-refractivity contribution >= 4 is 27.3 Å². The highest BCUT2D eigenvalue weighted by molar-refractivity contribution is 9.10. The summed E-state index contributed by atoms with van der Waals surface area (Å²) >= 11 is 5.20. The fraction of sp³-hybridized carbons (Fsp3) is 0.400. The molecule has 1 heterocycles. The summed E-state index contributed by atoms with van der Waals surface area (Å²) in [7, 11) is 0. The van der Waals surface area contributed by atoms with E-state index in [1.165, 1.54) is 0 Å². The third-order valence-corrected chi connectivity index (χ3v) is 4.40. The Kier molecular flexibility index (Phi) is 6.01. The van der Waals surface area contributed by atoms with Crippen molar-refractivity contribution in [1.29, 1.82) is 0 Å². The topological polar surface area (TPSA) is 34.1 Å². The predicted octanol–water partition coefficient (Wildman–Crippen LogP) is 4.16. The number of halogens is 1. The van der Waals surface area contributed by atoms with E-state index in [2.05, 4.69) is 51.5 Å². The van der Waals surface area contributed by atoms with Gasteiger partial charge in [-0.15, -0.1) is 11.3 Å². The number of rotatable bonds is 7. The highest BCUT2D eigenvalue weighted by Gasteiger charge is 2.06. The molecule has 1 N–H and O–H groups in total. The lowest BCUT2D eigenvalue weighted by atomic mass is 10.2. The van der Waals surface area contributed by atoms with Crippen LogP contribution in [0, 0.1) is 0 Å². The van der Waals surface area contributed by atoms with Crippen LogP contribution in [0.4, 0.5) is 0 Å². The summed E-state index contributed by atoms with van der Waals surface area (Å²) in [5.74, 6) is 0.917. The summed E-state index contributed by atoms with van der Waals surface area (Å²) in [6.07, 6.45) is 0.981. The van der Waals surface area contributed by atoms with E-state index in [1.807, 2.05) is 12.1 Å². The Morgan fingerprint density at radius 3 is 2.90 bits per heavy atom. The maximum absolute atomic E-state index is 5.92. The van der Waals surface area contributed by atoms with Crippen LogP contribution in [0.15, 0.2) is 28.1 Å². The summed E-state index contributed by atoms with van der Waals surface area (Å²) < 4.78 is 6.99. The van der Waals surface area contributed by atoms with Gasteiger partial charge in [-0.2, -0.15) is 0 Å². The second kappa shape index (κ2) is 7.76. The summed E-state index contributed by atoms with van der Waals surface area (Å²) in [6.45, 7) is 6.49. The molecule has 20 heavy (non-hydrogen) atoms. The van der Waals surface area contributed by atoms with Gasteiger partial charge < -0.3 is 10.1 Å². The number of aryl methyl sites for hydroxylation is 1. The van der Waals surface area contributed by atoms with Crippen molar-refractivity contribution in [3.05, 3.63) is 44.3 Å². The molecule has 0 bridgehead atoms. The molecule has 0 fully saturated rings. The number of aromatic nitrogens is 1. The Bertz CT molecular complexity index is 557. The number of nitrogens with zero attached hydrogens (tertiary/aromatic N) is 1. The fourth-order valence-electron chi connectivity index (χ4n) is 1.82. The van der Waals surface area contributed by atoms with Crippen LogP contribution >= 0.6 is 27.3 Å². The number of hydrogen-bond donors (Lipinski definition) is 1. The second-order valence-corrected chi connectivity index (χ2v) is 6.27. The van der Waals surface area contributed by atoms with Crippen molar-refractivity contribution < 1.29 is 4.74 Å². The third kappa shape index (κ3) is 4.30. The molecule has 1 aromatic heterocycles. The molecule has 0 unspecified atom stereocenters. The van der Waals surface area contributed by atoms with Gasteiger partial charge in [0.2, 0.25) is 0 Å². The first-order valence-electron chi connectivity index (χ1n) is 6.78. The highest BCUT2D eigenvalue weighted by atomic mass is 79.9. The SMILES string of the molecule is CCNCc1cc(Br)ccc1OCc1csc(CC)n1. The first kappa shape index (κ1) is 15.5. The van der Waals surface area contributed by atoms with Crippen molar-refractivity contribution in [2.24, 2.45) is 0 Å². The molecular weight excluding hydrogens is 336 g/mol. The van der Waals surface area contributed by atoms with Crippen LogP contribution in [-0.4, -0.2) is 11.5 Å². The molecule has 0 radical (unpaired) electrons. The molecule has 2 aromatic rings. The standard InChI is InChI=1S/C15H19BrN2OS/c1-3-15-18-13(10-20-15)9-19-14-6-5-12(16)7-11(14)8-17-4-2/h5-7,10,17H,3-4,8-9H2,1-2H3. The Morgan fingerprint density at radius 2 is 2.20 bits per heavy atom. The largest absolute Gasteiger partial charge is 0.487 e. The third-order valence-electron chi connectivity index (χ3n) is 2.87. The lowest BCUT2D eigenvalue weighted by Gasteiger charge is -2.11. The average Bonchev–Trinajstić information content (AvgIpc) is 2.92. The van der Waals surface area contributed by atoms with Crippen molar-refractivity contribution in [1.82, 2.24) is 10.3 Å². The first-order valence-corrected chi connectivity index (χ1v) is 8.45. The lowest BCUT2D eigenvalue weighted by Crippen LogP contribution is -2.13. The molecule has 0 aliphatic heterocycles. The van der Waals surface area contributed by atoms with E-state index in [4.69, 9.17) is 4.74 Å². The lowest BCUT2D eigenvalue weighted by molar-refractivity contribution is 0.298. The molecule has 3 nitrogen and oxygen atoms in total. The minimum Gasteiger partial charge on any atom is -0.487 e. The van der Waals surface area contributed by atoms with Gasteiger partial charge in [0.25, 0.3) is 0 Å². The Morgan fingerprint density at radius 1 is 1.35 bits per heavy atom. The minimum atomic E-state index is 0.525. The van der Waals surface area contributed by atoms with Crippen molar-refractivity contribution in [3.63, 3.8) is 0 Å². The van der Waals surface area contributed by atoms with Gasteiger partial charge in [-0.3, -0.25) is 0 Å². The molecule has 5 heteroatoms. The Labute approximate surface area is 132 Å². The summed E-state index contributed by atoms with van der Waals surface area (Å²) in [5, 5.41) is 6.56. The quantitative estimate of drug-likeness (QED) is 0.810. The van der Waals surface area contributed by atoms with Crippen molar-refractivity contribution in [3.8, 4) is 5.75 Å². The van der Waals surface area contributed by atoms with E-state index in [9.17, 15) is 0 Å². The average molecular weight is 355 g/mol. The molecular formula is C15H19BrN2OS. The Hall–Kier alpha value is -0.910. The normalized spacial score (nSPS) is 10.8. The van der Waals surface area contributed by atoms with E-state index in [-0.39, 0.29) is 0 Å². The summed E-state index contributed by atoms with van der Waals surface area (Å²) in [5.41, 5.74) is 2.16. The molecule has 0 saturated carbocycles. The van der Waals surface area contributed by atoms with Gasteiger partial charge in [0, 0.05) is 22.0 Å². The van der Waals surface area contributed by atoms with Crippen LogP contribution in [0.25, 0.3) is 0 Å². The van der Waals surface area contributed by atoms with E-state index in [0.29, 0.717) is 6.61 Å². The summed E-state index contributed by atoms with van der Waals surface area (Å²) in [4.78, 5) is 4.52. The predicted molar refractivity (Wildman–Crippen MR) is 87.3 cm³/mol. The maximum Gasteiger partial charge on any atom is 0.131 e. The smallest absolute Gasteiger partial charge is 0.131 e. The van der Waals surface area contributed by atoms with Gasteiger partial charge in [0.05, 0.1) is 10.7 Å². The number of hydrogen-bond acceptors (Lipinski definition) is 4. The first-order chi connectivity index (χ1) is 9.72. The zero-order chi connectivity index (χ0) is 14.4. The van der Waals surface area contributed by atoms with Crippen molar-refractivity contribution in [2.45, 2.75) is 33.4 Å². The van der Waals surface area contributed by atoms with Gasteiger partial charge >= 0.3 is 0 Å². The highest BCUT2D eigenvalue weighted by Crippen LogP contribution is 2.24. The van der Waals surface area contributed by atoms with E-state index in [0.717, 1.165) is 46.0 Å². The van der Waals surface area contributed by atoms with E-state index in [1.54, 1.807) is 11.3 Å². The van der Waals surface area contributed by atoms with Crippen LogP contribution in [0.1, 0.15) is 30.1 Å². The van der Waals surface area contributed by atoms with Crippen LogP contribution in [0.5, 0.6) is 5.75 Å². The monoisotopic (exact) mass is 354 g/mol. The molecule has 108 valence electrons. The fourth-order valence-corrected chi connectivity index (χ4v) is 2.95. The van der Waals surface area contributed by atoms with Gasteiger partial charge in [-0.05, 0) is 31.2 Å². The van der Waals surface area contributed by atoms with Crippen LogP contribution in [0.3, 0.4) is 0 Å². The van der Waals surface area contributed by atoms with Crippen molar-refractivity contribution in [2.75, 3.05) is 6.54 Å².